The number of anilines is 2. The predicted molar refractivity (Wildman–Crippen MR) is 80.6 cm³/mol. The lowest BCUT2D eigenvalue weighted by Gasteiger charge is -2.09. The smallest absolute Gasteiger partial charge is 0.411 e. The third-order valence-corrected chi connectivity index (χ3v) is 2.76. The van der Waals surface area contributed by atoms with E-state index < -0.39 is 6.09 Å². The van der Waals surface area contributed by atoms with Gasteiger partial charge in [0, 0.05) is 17.4 Å². The highest BCUT2D eigenvalue weighted by atomic mass is 16.5. The molecule has 110 valence electrons. The number of rotatable bonds is 5. The Labute approximate surface area is 123 Å². The van der Waals surface area contributed by atoms with Crippen LogP contribution in [0.5, 0.6) is 5.88 Å². The van der Waals surface area contributed by atoms with Crippen molar-refractivity contribution in [3.63, 3.8) is 0 Å². The average molecular weight is 287 g/mol. The standard InChI is InChI=1S/C15H17N3O3/c1-20-14-8-4-7-13(17-14)10-16-11-5-3-6-12(9-11)18-15(19)21-2/h3-9,16H,10H2,1-2H3,(H,18,19). The SMILES string of the molecule is COC(=O)Nc1cccc(NCc2cccc(OC)n2)c1. The molecule has 0 saturated carbocycles. The third kappa shape index (κ3) is 4.38. The molecule has 0 bridgehead atoms. The topological polar surface area (TPSA) is 72.5 Å². The molecule has 0 unspecified atom stereocenters. The highest BCUT2D eigenvalue weighted by Crippen LogP contribution is 2.16. The molecule has 0 fully saturated rings. The maximum Gasteiger partial charge on any atom is 0.411 e. The molecule has 1 aromatic heterocycles. The van der Waals surface area contributed by atoms with Gasteiger partial charge in [0.05, 0.1) is 26.5 Å². The fraction of sp³-hybridized carbons (Fsp3) is 0.200. The number of aromatic nitrogens is 1. The minimum Gasteiger partial charge on any atom is -0.481 e. The first-order valence-electron chi connectivity index (χ1n) is 6.40. The lowest BCUT2D eigenvalue weighted by molar-refractivity contribution is 0.187. The van der Waals surface area contributed by atoms with Crippen molar-refractivity contribution in [2.24, 2.45) is 0 Å². The summed E-state index contributed by atoms with van der Waals surface area (Å²) in [4.78, 5) is 15.5. The summed E-state index contributed by atoms with van der Waals surface area (Å²) in [6, 6.07) is 12.9. The van der Waals surface area contributed by atoms with Gasteiger partial charge in [-0.1, -0.05) is 12.1 Å². The van der Waals surface area contributed by atoms with Crippen molar-refractivity contribution in [3.05, 3.63) is 48.2 Å². The highest BCUT2D eigenvalue weighted by Gasteiger charge is 2.02. The maximum absolute atomic E-state index is 11.2. The van der Waals surface area contributed by atoms with E-state index in [0.29, 0.717) is 18.1 Å². The van der Waals surface area contributed by atoms with Gasteiger partial charge in [0.15, 0.2) is 0 Å². The monoisotopic (exact) mass is 287 g/mol. The van der Waals surface area contributed by atoms with Gasteiger partial charge in [0.1, 0.15) is 0 Å². The van der Waals surface area contributed by atoms with Gasteiger partial charge in [0.25, 0.3) is 0 Å². The van der Waals surface area contributed by atoms with Crippen molar-refractivity contribution in [2.75, 3.05) is 24.9 Å². The molecule has 1 aromatic carbocycles. The number of carbonyl (C=O) groups excluding carboxylic acids is 1. The van der Waals surface area contributed by atoms with Crippen LogP contribution in [-0.4, -0.2) is 25.3 Å². The lowest BCUT2D eigenvalue weighted by Crippen LogP contribution is -2.11. The quantitative estimate of drug-likeness (QED) is 0.884. The number of nitrogens with zero attached hydrogens (tertiary/aromatic N) is 1. The van der Waals surface area contributed by atoms with Crippen LogP contribution in [0.1, 0.15) is 5.69 Å². The number of pyridine rings is 1. The highest BCUT2D eigenvalue weighted by molar-refractivity contribution is 5.85. The number of carbonyl (C=O) groups is 1. The fourth-order valence-corrected chi connectivity index (χ4v) is 1.74. The second-order valence-corrected chi connectivity index (χ2v) is 4.22. The first-order chi connectivity index (χ1) is 10.2. The van der Waals surface area contributed by atoms with Crippen molar-refractivity contribution >= 4 is 17.5 Å². The number of benzene rings is 1. The third-order valence-electron chi connectivity index (χ3n) is 2.76. The van der Waals surface area contributed by atoms with Crippen LogP contribution in [0.2, 0.25) is 0 Å². The van der Waals surface area contributed by atoms with Gasteiger partial charge >= 0.3 is 6.09 Å². The van der Waals surface area contributed by atoms with Crippen molar-refractivity contribution in [1.82, 2.24) is 4.98 Å². The van der Waals surface area contributed by atoms with Gasteiger partial charge in [-0.2, -0.15) is 0 Å². The van der Waals surface area contributed by atoms with E-state index in [1.807, 2.05) is 30.3 Å². The largest absolute Gasteiger partial charge is 0.481 e. The minimum absolute atomic E-state index is 0.499. The Morgan fingerprint density at radius 3 is 2.67 bits per heavy atom. The molecule has 0 radical (unpaired) electrons. The number of hydrogen-bond donors (Lipinski definition) is 2. The van der Waals surface area contributed by atoms with E-state index in [1.54, 1.807) is 19.2 Å². The van der Waals surface area contributed by atoms with Crippen LogP contribution in [0.15, 0.2) is 42.5 Å². The van der Waals surface area contributed by atoms with E-state index in [-0.39, 0.29) is 0 Å². The summed E-state index contributed by atoms with van der Waals surface area (Å²) in [6.45, 7) is 0.554. The second-order valence-electron chi connectivity index (χ2n) is 4.22. The molecular weight excluding hydrogens is 270 g/mol. The van der Waals surface area contributed by atoms with Crippen molar-refractivity contribution in [3.8, 4) is 5.88 Å². The minimum atomic E-state index is -0.499. The Morgan fingerprint density at radius 1 is 1.14 bits per heavy atom. The molecule has 1 amide bonds. The molecule has 0 aliphatic carbocycles. The molecule has 0 spiro atoms. The molecule has 0 atom stereocenters. The van der Waals surface area contributed by atoms with Gasteiger partial charge in [0.2, 0.25) is 5.88 Å². The van der Waals surface area contributed by atoms with E-state index in [4.69, 9.17) is 4.74 Å². The summed E-state index contributed by atoms with van der Waals surface area (Å²) in [6.07, 6.45) is -0.499. The van der Waals surface area contributed by atoms with Crippen LogP contribution in [0, 0.1) is 0 Å². The molecule has 21 heavy (non-hydrogen) atoms. The molecule has 6 nitrogen and oxygen atoms in total. The summed E-state index contributed by atoms with van der Waals surface area (Å²) in [5, 5.41) is 5.85. The van der Waals surface area contributed by atoms with Crippen LogP contribution in [0.25, 0.3) is 0 Å². The van der Waals surface area contributed by atoms with Crippen LogP contribution < -0.4 is 15.4 Å². The van der Waals surface area contributed by atoms with Crippen LogP contribution >= 0.6 is 0 Å². The number of ether oxygens (including phenoxy) is 2. The van der Waals surface area contributed by atoms with Crippen LogP contribution in [-0.2, 0) is 11.3 Å². The van der Waals surface area contributed by atoms with E-state index in [1.165, 1.54) is 7.11 Å². The molecule has 1 heterocycles. The van der Waals surface area contributed by atoms with Crippen molar-refractivity contribution < 1.29 is 14.3 Å². The van der Waals surface area contributed by atoms with E-state index in [2.05, 4.69) is 20.4 Å². The number of nitrogens with one attached hydrogen (secondary N) is 2. The zero-order valence-corrected chi connectivity index (χ0v) is 11.9. The normalized spacial score (nSPS) is 9.81. The van der Waals surface area contributed by atoms with Gasteiger partial charge in [-0.15, -0.1) is 0 Å². The Kier molecular flexibility index (Phi) is 4.98. The van der Waals surface area contributed by atoms with E-state index >= 15 is 0 Å². The van der Waals surface area contributed by atoms with E-state index in [9.17, 15) is 4.79 Å². The molecule has 2 aromatic rings. The summed E-state index contributed by atoms with van der Waals surface area (Å²) in [5.74, 6) is 0.579. The molecule has 0 saturated heterocycles. The first kappa shape index (κ1) is 14.6. The average Bonchev–Trinajstić information content (AvgIpc) is 2.53. The zero-order valence-electron chi connectivity index (χ0n) is 11.9. The van der Waals surface area contributed by atoms with Gasteiger partial charge < -0.3 is 14.8 Å². The Bertz CT molecular complexity index is 617. The molecule has 6 heteroatoms. The summed E-state index contributed by atoms with van der Waals surface area (Å²) < 4.78 is 9.64. The molecule has 0 aliphatic rings. The molecule has 0 aliphatic heterocycles. The van der Waals surface area contributed by atoms with Crippen LogP contribution in [0.4, 0.5) is 16.2 Å². The van der Waals surface area contributed by atoms with Gasteiger partial charge in [-0.25, -0.2) is 9.78 Å². The lowest BCUT2D eigenvalue weighted by atomic mass is 10.2. The Morgan fingerprint density at radius 2 is 1.90 bits per heavy atom. The van der Waals surface area contributed by atoms with Crippen molar-refractivity contribution in [1.29, 1.82) is 0 Å². The number of amides is 1. The fourth-order valence-electron chi connectivity index (χ4n) is 1.74. The van der Waals surface area contributed by atoms with Gasteiger partial charge in [-0.3, -0.25) is 5.32 Å². The molecule has 2 rings (SSSR count). The van der Waals surface area contributed by atoms with Crippen molar-refractivity contribution in [2.45, 2.75) is 6.54 Å². The maximum atomic E-state index is 11.2. The summed E-state index contributed by atoms with van der Waals surface area (Å²) >= 11 is 0. The predicted octanol–water partition coefficient (Wildman–Crippen LogP) is 2.88. The number of hydrogen-bond acceptors (Lipinski definition) is 5. The van der Waals surface area contributed by atoms with Crippen LogP contribution in [0.3, 0.4) is 0 Å². The molecule has 2 N–H and O–H groups in total. The Balaban J connectivity index is 1.99. The first-order valence-corrected chi connectivity index (χ1v) is 6.40. The molecular formula is C15H17N3O3. The second kappa shape index (κ2) is 7.14. The van der Waals surface area contributed by atoms with Gasteiger partial charge in [-0.05, 0) is 24.3 Å². The summed E-state index contributed by atoms with van der Waals surface area (Å²) in [5.41, 5.74) is 2.39. The van der Waals surface area contributed by atoms with E-state index in [0.717, 1.165) is 11.4 Å². The number of methoxy groups -OCH3 is 2. The zero-order chi connectivity index (χ0) is 15.1. The summed E-state index contributed by atoms with van der Waals surface area (Å²) in [7, 11) is 2.91. The Hall–Kier alpha value is -2.76.